The van der Waals surface area contributed by atoms with Gasteiger partial charge in [0.1, 0.15) is 5.82 Å². The Balaban J connectivity index is 1.56. The number of alkyl halides is 1. The number of hydrogen-bond acceptors (Lipinski definition) is 6. The number of likely N-dealkylation sites (tertiary alicyclic amines) is 1. The maximum absolute atomic E-state index is 15.2. The predicted octanol–water partition coefficient (Wildman–Crippen LogP) is 3.69. The van der Waals surface area contributed by atoms with E-state index in [2.05, 4.69) is 20.3 Å². The second-order valence-electron chi connectivity index (χ2n) is 6.97. The summed E-state index contributed by atoms with van der Waals surface area (Å²) in [6, 6.07) is 8.81. The van der Waals surface area contributed by atoms with Crippen LogP contribution in [-0.2, 0) is 5.67 Å². The van der Waals surface area contributed by atoms with Crippen molar-refractivity contribution in [3.8, 4) is 11.3 Å². The van der Waals surface area contributed by atoms with Crippen LogP contribution >= 0.6 is 0 Å². The number of rotatable bonds is 4. The first kappa shape index (κ1) is 20.3. The molecule has 1 saturated heterocycles. The Bertz CT molecular complexity index is 1130. The van der Waals surface area contributed by atoms with Crippen LogP contribution in [0.25, 0.3) is 11.3 Å². The number of anilines is 1. The van der Waals surface area contributed by atoms with Crippen molar-refractivity contribution in [3.63, 3.8) is 0 Å². The molecule has 0 bridgehead atoms. The number of hydrogen-bond donors (Lipinski definition) is 1. The Morgan fingerprint density at radius 1 is 1.16 bits per heavy atom. The van der Waals surface area contributed by atoms with E-state index in [0.29, 0.717) is 11.3 Å². The summed E-state index contributed by atoms with van der Waals surface area (Å²) in [6.07, 6.45) is 2.83. The summed E-state index contributed by atoms with van der Waals surface area (Å²) in [6.45, 7) is -0.222. The van der Waals surface area contributed by atoms with Crippen molar-refractivity contribution in [3.05, 3.63) is 76.6 Å². The molecule has 1 aliphatic heterocycles. The van der Waals surface area contributed by atoms with Gasteiger partial charge in [-0.25, -0.2) is 28.5 Å². The van der Waals surface area contributed by atoms with Crippen LogP contribution in [0.15, 0.2) is 54.9 Å². The number of benzene rings is 1. The van der Waals surface area contributed by atoms with Crippen LogP contribution in [0.1, 0.15) is 12.2 Å². The molecule has 1 aromatic carbocycles. The summed E-state index contributed by atoms with van der Waals surface area (Å²) in [5.41, 5.74) is -1.51. The number of aromatic nitrogens is 3. The molecule has 0 saturated carbocycles. The normalized spacial score (nSPS) is 18.1. The minimum Gasteiger partial charge on any atom is -0.321 e. The lowest BCUT2D eigenvalue weighted by Crippen LogP contribution is -2.36. The Hall–Kier alpha value is -4.02. The summed E-state index contributed by atoms with van der Waals surface area (Å²) in [5, 5.41) is 13.8. The highest BCUT2D eigenvalue weighted by Crippen LogP contribution is 2.34. The van der Waals surface area contributed by atoms with Gasteiger partial charge in [-0.1, -0.05) is 0 Å². The number of nitrogens with one attached hydrogen (secondary N) is 1. The highest BCUT2D eigenvalue weighted by atomic mass is 19.1. The molecule has 1 atom stereocenters. The molecule has 31 heavy (non-hydrogen) atoms. The van der Waals surface area contributed by atoms with E-state index in [1.165, 1.54) is 53.7 Å². The Morgan fingerprint density at radius 3 is 2.55 bits per heavy atom. The Morgan fingerprint density at radius 2 is 1.87 bits per heavy atom. The summed E-state index contributed by atoms with van der Waals surface area (Å²) >= 11 is 0. The second-order valence-corrected chi connectivity index (χ2v) is 6.97. The molecule has 0 radical (unpaired) electrons. The fraction of sp³-hybridized carbons (Fsp3) is 0.200. The first-order valence-corrected chi connectivity index (χ1v) is 9.29. The first-order valence-electron chi connectivity index (χ1n) is 9.29. The Labute approximate surface area is 174 Å². The lowest BCUT2D eigenvalue weighted by Gasteiger charge is -2.20. The number of carbonyl (C=O) groups excluding carboxylic acids is 1. The lowest BCUT2D eigenvalue weighted by atomic mass is 10.1. The van der Waals surface area contributed by atoms with Gasteiger partial charge in [-0.05, 0) is 36.4 Å². The minimum absolute atomic E-state index is 0.00439. The van der Waals surface area contributed by atoms with Gasteiger partial charge >= 0.3 is 11.7 Å². The molecule has 158 valence electrons. The maximum Gasteiger partial charge on any atom is 0.323 e. The van der Waals surface area contributed by atoms with Crippen LogP contribution in [0.3, 0.4) is 0 Å². The molecular weight excluding hydrogens is 410 g/mol. The summed E-state index contributed by atoms with van der Waals surface area (Å²) in [4.78, 5) is 36.6. The zero-order chi connectivity index (χ0) is 22.0. The smallest absolute Gasteiger partial charge is 0.321 e. The Kier molecular flexibility index (Phi) is 5.24. The van der Waals surface area contributed by atoms with E-state index in [1.807, 2.05) is 0 Å². The van der Waals surface area contributed by atoms with Crippen molar-refractivity contribution in [2.75, 3.05) is 18.4 Å². The maximum atomic E-state index is 15.2. The molecule has 2 aromatic heterocycles. The highest BCUT2D eigenvalue weighted by molar-refractivity contribution is 5.91. The van der Waals surface area contributed by atoms with Crippen molar-refractivity contribution >= 4 is 17.5 Å². The fourth-order valence-electron chi connectivity index (χ4n) is 3.31. The van der Waals surface area contributed by atoms with Crippen LogP contribution in [-0.4, -0.2) is 43.9 Å². The van der Waals surface area contributed by atoms with Crippen molar-refractivity contribution in [1.29, 1.82) is 0 Å². The van der Waals surface area contributed by atoms with E-state index in [4.69, 9.17) is 0 Å². The molecule has 1 N–H and O–H groups in total. The third-order valence-electron chi connectivity index (χ3n) is 4.91. The highest BCUT2D eigenvalue weighted by Gasteiger charge is 2.44. The van der Waals surface area contributed by atoms with E-state index in [0.717, 1.165) is 0 Å². The number of urea groups is 1. The average molecular weight is 426 g/mol. The molecule has 1 aliphatic rings. The standard InChI is InChI=1S/C20H16F2N6O3/c21-14-4-2-13(3-5-14)15-6-7-16(28(30)31)17(25-15)26-19(29)27-11-8-20(22,12-27)18-23-9-1-10-24-18/h1-7,9-10H,8,11-12H2,(H,25,26,29). The van der Waals surface area contributed by atoms with Gasteiger partial charge in [0.15, 0.2) is 11.5 Å². The van der Waals surface area contributed by atoms with Crippen LogP contribution in [0, 0.1) is 15.9 Å². The molecule has 11 heteroatoms. The summed E-state index contributed by atoms with van der Waals surface area (Å²) in [7, 11) is 0. The number of nitrogens with zero attached hydrogens (tertiary/aromatic N) is 5. The average Bonchev–Trinajstić information content (AvgIpc) is 3.18. The molecule has 0 spiro atoms. The molecule has 1 unspecified atom stereocenters. The van der Waals surface area contributed by atoms with E-state index in [-0.39, 0.29) is 31.2 Å². The van der Waals surface area contributed by atoms with E-state index < -0.39 is 28.1 Å². The number of carbonyl (C=O) groups is 1. The van der Waals surface area contributed by atoms with E-state index >= 15 is 4.39 Å². The number of pyridine rings is 1. The van der Waals surface area contributed by atoms with Crippen molar-refractivity contribution < 1.29 is 18.5 Å². The molecule has 1 fully saturated rings. The van der Waals surface area contributed by atoms with Gasteiger partial charge in [0, 0.05) is 37.0 Å². The largest absolute Gasteiger partial charge is 0.323 e. The van der Waals surface area contributed by atoms with Gasteiger partial charge in [-0.3, -0.25) is 15.4 Å². The van der Waals surface area contributed by atoms with Gasteiger partial charge in [0.25, 0.3) is 0 Å². The zero-order valence-corrected chi connectivity index (χ0v) is 16.0. The van der Waals surface area contributed by atoms with E-state index in [1.54, 1.807) is 6.07 Å². The molecular formula is C20H16F2N6O3. The number of amides is 2. The van der Waals surface area contributed by atoms with Gasteiger partial charge in [0.2, 0.25) is 5.82 Å². The van der Waals surface area contributed by atoms with Crippen LogP contribution in [0.2, 0.25) is 0 Å². The molecule has 4 rings (SSSR count). The molecule has 9 nitrogen and oxygen atoms in total. The van der Waals surface area contributed by atoms with Gasteiger partial charge < -0.3 is 4.90 Å². The van der Waals surface area contributed by atoms with Gasteiger partial charge in [-0.2, -0.15) is 0 Å². The third-order valence-corrected chi connectivity index (χ3v) is 4.91. The molecule has 2 amide bonds. The van der Waals surface area contributed by atoms with Crippen molar-refractivity contribution in [2.45, 2.75) is 12.1 Å². The quantitative estimate of drug-likeness (QED) is 0.503. The first-order chi connectivity index (χ1) is 14.9. The minimum atomic E-state index is -1.91. The van der Waals surface area contributed by atoms with Gasteiger partial charge in [0.05, 0.1) is 17.2 Å². The van der Waals surface area contributed by atoms with E-state index in [9.17, 15) is 19.3 Å². The summed E-state index contributed by atoms with van der Waals surface area (Å²) < 4.78 is 28.4. The third kappa shape index (κ3) is 4.15. The van der Waals surface area contributed by atoms with Crippen molar-refractivity contribution in [1.82, 2.24) is 19.9 Å². The number of halogens is 2. The zero-order valence-electron chi connectivity index (χ0n) is 16.0. The number of nitro groups is 1. The molecule has 3 aromatic rings. The fourth-order valence-corrected chi connectivity index (χ4v) is 3.31. The topological polar surface area (TPSA) is 114 Å². The second kappa shape index (κ2) is 8.01. The van der Waals surface area contributed by atoms with Gasteiger partial charge in [-0.15, -0.1) is 0 Å². The molecule has 3 heterocycles. The van der Waals surface area contributed by atoms with Crippen molar-refractivity contribution in [2.24, 2.45) is 0 Å². The predicted molar refractivity (Wildman–Crippen MR) is 106 cm³/mol. The lowest BCUT2D eigenvalue weighted by molar-refractivity contribution is -0.384. The van der Waals surface area contributed by atoms with Crippen LogP contribution < -0.4 is 5.32 Å². The summed E-state index contributed by atoms with van der Waals surface area (Å²) in [5.74, 6) is -0.748. The van der Waals surface area contributed by atoms with Crippen LogP contribution in [0.5, 0.6) is 0 Å². The molecule has 0 aliphatic carbocycles. The SMILES string of the molecule is O=C(Nc1nc(-c2ccc(F)cc2)ccc1[N+](=O)[O-])N1CCC(F)(c2ncccn2)C1. The van der Waals surface area contributed by atoms with Crippen LogP contribution in [0.4, 0.5) is 25.1 Å². The monoisotopic (exact) mass is 426 g/mol.